The van der Waals surface area contributed by atoms with Crippen molar-refractivity contribution in [3.8, 4) is 5.88 Å². The number of sulfonamides is 1. The van der Waals surface area contributed by atoms with Crippen LogP contribution in [0.15, 0.2) is 48.5 Å². The number of carbonyl (C=O) groups is 1. The number of carbonyl (C=O) groups excluding carboxylic acids is 1. The molecule has 1 N–H and O–H groups in total. The lowest BCUT2D eigenvalue weighted by atomic mass is 10.1. The molecule has 8 heteroatoms. The van der Waals surface area contributed by atoms with Gasteiger partial charge in [-0.15, -0.1) is 0 Å². The van der Waals surface area contributed by atoms with E-state index in [9.17, 15) is 13.2 Å². The highest BCUT2D eigenvalue weighted by Gasteiger charge is 2.33. The zero-order valence-corrected chi connectivity index (χ0v) is 15.3. The maximum absolute atomic E-state index is 12.7. The number of amides is 1. The third-order valence-corrected chi connectivity index (χ3v) is 6.07. The number of nitrogens with one attached hydrogen (secondary N) is 1. The van der Waals surface area contributed by atoms with Crippen LogP contribution in [0.4, 0.5) is 5.69 Å². The molecule has 0 radical (unpaired) electrons. The van der Waals surface area contributed by atoms with Crippen LogP contribution in [-0.4, -0.2) is 49.7 Å². The highest BCUT2D eigenvalue weighted by molar-refractivity contribution is 7.93. The van der Waals surface area contributed by atoms with Crippen LogP contribution in [0.3, 0.4) is 0 Å². The maximum atomic E-state index is 12.7. The Morgan fingerprint density at radius 2 is 1.96 bits per heavy atom. The second-order valence-electron chi connectivity index (χ2n) is 6.09. The van der Waals surface area contributed by atoms with E-state index in [4.69, 9.17) is 4.74 Å². The summed E-state index contributed by atoms with van der Waals surface area (Å²) < 4.78 is 33.0. The van der Waals surface area contributed by atoms with Crippen LogP contribution in [0, 0.1) is 0 Å². The molecule has 2 heterocycles. The van der Waals surface area contributed by atoms with Gasteiger partial charge in [-0.05, 0) is 31.0 Å². The molecule has 1 aliphatic rings. The van der Waals surface area contributed by atoms with Gasteiger partial charge < -0.3 is 9.64 Å². The Labute approximate surface area is 153 Å². The number of hydrogen-bond acceptors (Lipinski definition) is 5. The largest absolute Gasteiger partial charge is 0.481 e. The maximum Gasteiger partial charge on any atom is 0.272 e. The molecule has 1 fully saturated rings. The lowest BCUT2D eigenvalue weighted by Gasteiger charge is -2.32. The van der Waals surface area contributed by atoms with E-state index in [0.717, 1.165) is 0 Å². The Morgan fingerprint density at radius 3 is 2.69 bits per heavy atom. The number of aromatic nitrogens is 1. The predicted octanol–water partition coefficient (Wildman–Crippen LogP) is 2.14. The number of nitrogens with zero attached hydrogens (tertiary/aromatic N) is 2. The van der Waals surface area contributed by atoms with Crippen molar-refractivity contribution in [1.29, 1.82) is 0 Å². The first-order valence-electron chi connectivity index (χ1n) is 8.36. The number of pyridine rings is 1. The van der Waals surface area contributed by atoms with E-state index in [2.05, 4.69) is 9.71 Å². The minimum Gasteiger partial charge on any atom is -0.481 e. The molecule has 1 atom stereocenters. The molecule has 1 amide bonds. The molecular formula is C18H21N3O4S. The molecule has 2 aromatic rings. The molecule has 1 saturated heterocycles. The number of hydrogen-bond donors (Lipinski definition) is 1. The summed E-state index contributed by atoms with van der Waals surface area (Å²) in [6.07, 6.45) is 1.13. The summed E-state index contributed by atoms with van der Waals surface area (Å²) in [7, 11) is -2.11. The summed E-state index contributed by atoms with van der Waals surface area (Å²) in [5.41, 5.74) is 0.767. The molecular weight excluding hydrogens is 354 g/mol. The standard InChI is InChI=1S/C18H21N3O4S/c1-25-17-11-5-10-16(19-17)18(22)21-12-6-9-15(13-21)26(23,24)20-14-7-3-2-4-8-14/h2-5,7-8,10-11,15,20H,6,9,12-13H2,1H3/t15-/m0/s1. The summed E-state index contributed by atoms with van der Waals surface area (Å²) in [5, 5.41) is -0.661. The van der Waals surface area contributed by atoms with Gasteiger partial charge in [-0.2, -0.15) is 0 Å². The molecule has 0 saturated carbocycles. The molecule has 0 unspecified atom stereocenters. The van der Waals surface area contributed by atoms with Crippen LogP contribution in [0.2, 0.25) is 0 Å². The molecule has 1 aromatic heterocycles. The van der Waals surface area contributed by atoms with Crippen LogP contribution >= 0.6 is 0 Å². The van der Waals surface area contributed by atoms with Crippen molar-refractivity contribution in [1.82, 2.24) is 9.88 Å². The quantitative estimate of drug-likeness (QED) is 0.865. The fourth-order valence-corrected chi connectivity index (χ4v) is 4.42. The minimum absolute atomic E-state index is 0.139. The Hall–Kier alpha value is -2.61. The summed E-state index contributed by atoms with van der Waals surface area (Å²) in [5.74, 6) is 0.0614. The number of rotatable bonds is 5. The smallest absolute Gasteiger partial charge is 0.272 e. The van der Waals surface area contributed by atoms with Crippen molar-refractivity contribution in [2.75, 3.05) is 24.9 Å². The number of piperidine rings is 1. The topological polar surface area (TPSA) is 88.6 Å². The molecule has 26 heavy (non-hydrogen) atoms. The second-order valence-corrected chi connectivity index (χ2v) is 8.05. The summed E-state index contributed by atoms with van der Waals surface area (Å²) in [6.45, 7) is 0.648. The molecule has 7 nitrogen and oxygen atoms in total. The van der Waals surface area contributed by atoms with Crippen LogP contribution in [0.1, 0.15) is 23.3 Å². The van der Waals surface area contributed by atoms with Crippen molar-refractivity contribution in [3.63, 3.8) is 0 Å². The monoisotopic (exact) mass is 375 g/mol. The predicted molar refractivity (Wildman–Crippen MR) is 98.7 cm³/mol. The Morgan fingerprint density at radius 1 is 1.19 bits per heavy atom. The van der Waals surface area contributed by atoms with Crippen molar-refractivity contribution >= 4 is 21.6 Å². The number of benzene rings is 1. The lowest BCUT2D eigenvalue weighted by Crippen LogP contribution is -2.46. The normalized spacial score (nSPS) is 17.6. The third kappa shape index (κ3) is 4.13. The zero-order chi connectivity index (χ0) is 18.6. The number of anilines is 1. The lowest BCUT2D eigenvalue weighted by molar-refractivity contribution is 0.0720. The summed E-state index contributed by atoms with van der Waals surface area (Å²) >= 11 is 0. The Kier molecular flexibility index (Phi) is 5.41. The zero-order valence-electron chi connectivity index (χ0n) is 14.5. The van der Waals surface area contributed by atoms with Gasteiger partial charge in [0.05, 0.1) is 12.4 Å². The van der Waals surface area contributed by atoms with Crippen molar-refractivity contribution in [2.24, 2.45) is 0 Å². The SMILES string of the molecule is COc1cccc(C(=O)N2CCC[C@H](S(=O)(=O)Nc3ccccc3)C2)n1. The molecule has 1 aromatic carbocycles. The first-order chi connectivity index (χ1) is 12.5. The summed E-state index contributed by atoms with van der Waals surface area (Å²) in [6, 6.07) is 13.7. The number of para-hydroxylation sites is 1. The van der Waals surface area contributed by atoms with Gasteiger partial charge in [-0.25, -0.2) is 13.4 Å². The van der Waals surface area contributed by atoms with E-state index >= 15 is 0 Å². The van der Waals surface area contributed by atoms with Gasteiger partial charge in [-0.1, -0.05) is 24.3 Å². The van der Waals surface area contributed by atoms with Gasteiger partial charge in [0.1, 0.15) is 5.69 Å². The van der Waals surface area contributed by atoms with Gasteiger partial charge in [-0.3, -0.25) is 9.52 Å². The summed E-state index contributed by atoms with van der Waals surface area (Å²) in [4.78, 5) is 18.4. The highest BCUT2D eigenvalue weighted by atomic mass is 32.2. The van der Waals surface area contributed by atoms with Gasteiger partial charge in [0.25, 0.3) is 5.91 Å². The number of likely N-dealkylation sites (tertiary alicyclic amines) is 1. The van der Waals surface area contributed by atoms with E-state index in [1.165, 1.54) is 7.11 Å². The minimum atomic E-state index is -3.59. The van der Waals surface area contributed by atoms with Crippen LogP contribution in [-0.2, 0) is 10.0 Å². The first kappa shape index (κ1) is 18.2. The average Bonchev–Trinajstić information content (AvgIpc) is 2.68. The molecule has 0 bridgehead atoms. The Balaban J connectivity index is 1.73. The van der Waals surface area contributed by atoms with E-state index in [-0.39, 0.29) is 18.1 Å². The molecule has 138 valence electrons. The average molecular weight is 375 g/mol. The van der Waals surface area contributed by atoms with Gasteiger partial charge in [0.15, 0.2) is 0 Å². The van der Waals surface area contributed by atoms with E-state index in [1.807, 2.05) is 6.07 Å². The molecule has 0 spiro atoms. The molecule has 0 aliphatic carbocycles. The van der Waals surface area contributed by atoms with Gasteiger partial charge in [0, 0.05) is 24.8 Å². The third-order valence-electron chi connectivity index (χ3n) is 4.29. The second kappa shape index (κ2) is 7.74. The van der Waals surface area contributed by atoms with Crippen LogP contribution < -0.4 is 9.46 Å². The van der Waals surface area contributed by atoms with Crippen LogP contribution in [0.5, 0.6) is 5.88 Å². The van der Waals surface area contributed by atoms with E-state index in [1.54, 1.807) is 47.4 Å². The van der Waals surface area contributed by atoms with Crippen LogP contribution in [0.25, 0.3) is 0 Å². The van der Waals surface area contributed by atoms with Gasteiger partial charge >= 0.3 is 0 Å². The fourth-order valence-electron chi connectivity index (χ4n) is 2.94. The van der Waals surface area contributed by atoms with Gasteiger partial charge in [0.2, 0.25) is 15.9 Å². The highest BCUT2D eigenvalue weighted by Crippen LogP contribution is 2.21. The van der Waals surface area contributed by atoms with Crippen molar-refractivity contribution in [2.45, 2.75) is 18.1 Å². The first-order valence-corrected chi connectivity index (χ1v) is 9.91. The molecule has 1 aliphatic heterocycles. The number of methoxy groups -OCH3 is 1. The fraction of sp³-hybridized carbons (Fsp3) is 0.333. The van der Waals surface area contributed by atoms with Crippen molar-refractivity contribution < 1.29 is 17.9 Å². The van der Waals surface area contributed by atoms with E-state index < -0.39 is 15.3 Å². The van der Waals surface area contributed by atoms with Crippen molar-refractivity contribution in [3.05, 3.63) is 54.2 Å². The molecule has 3 rings (SSSR count). The van der Waals surface area contributed by atoms with E-state index in [0.29, 0.717) is 31.0 Å². The number of ether oxygens (including phenoxy) is 1. The Bertz CT molecular complexity index is 871.